The number of phenols is 1. The molecule has 2 unspecified atom stereocenters. The van der Waals surface area contributed by atoms with Gasteiger partial charge in [-0.05, 0) is 40.6 Å². The zero-order chi connectivity index (χ0) is 20.9. The number of nitrogens with one attached hydrogen (secondary N) is 1. The predicted octanol–water partition coefficient (Wildman–Crippen LogP) is 6.30. The second kappa shape index (κ2) is 6.74. The zero-order valence-electron chi connectivity index (χ0n) is 16.7. The van der Waals surface area contributed by atoms with Crippen molar-refractivity contribution in [3.8, 4) is 17.1 Å². The average molecular weight is 404 g/mol. The molecule has 1 heterocycles. The lowest BCUT2D eigenvalue weighted by Crippen LogP contribution is -2.19. The molecule has 4 heteroatoms. The SMILES string of the molecule is OC1=CC=C2C=CC=CC2C1c1c(O)c(-c2nc3ccccc3[nH]2)cc2ccccc12. The number of aliphatic hydroxyl groups excluding tert-OH is 1. The van der Waals surface area contributed by atoms with E-state index in [1.165, 1.54) is 0 Å². The minimum Gasteiger partial charge on any atom is -0.512 e. The number of nitrogens with zero attached hydrogens (tertiary/aromatic N) is 1. The molecule has 0 aliphatic heterocycles. The number of hydrogen-bond donors (Lipinski definition) is 3. The average Bonchev–Trinajstić information content (AvgIpc) is 3.23. The van der Waals surface area contributed by atoms with Crippen molar-refractivity contribution in [2.75, 3.05) is 0 Å². The number of hydrogen-bond acceptors (Lipinski definition) is 3. The van der Waals surface area contributed by atoms with Crippen LogP contribution in [0.15, 0.2) is 102 Å². The maximum atomic E-state index is 11.6. The molecule has 2 atom stereocenters. The molecule has 150 valence electrons. The van der Waals surface area contributed by atoms with Crippen molar-refractivity contribution >= 4 is 21.8 Å². The van der Waals surface area contributed by atoms with Crippen molar-refractivity contribution in [1.29, 1.82) is 0 Å². The largest absolute Gasteiger partial charge is 0.512 e. The van der Waals surface area contributed by atoms with Crippen LogP contribution in [0.2, 0.25) is 0 Å². The lowest BCUT2D eigenvalue weighted by atomic mass is 9.73. The number of rotatable bonds is 2. The zero-order valence-corrected chi connectivity index (χ0v) is 16.7. The van der Waals surface area contributed by atoms with E-state index in [0.717, 1.165) is 32.9 Å². The summed E-state index contributed by atoms with van der Waals surface area (Å²) in [5.41, 5.74) is 4.22. The lowest BCUT2D eigenvalue weighted by molar-refractivity contribution is 0.340. The number of para-hydroxylation sites is 2. The van der Waals surface area contributed by atoms with Gasteiger partial charge in [0.1, 0.15) is 17.3 Å². The number of aromatic amines is 1. The molecule has 1 aromatic heterocycles. The van der Waals surface area contributed by atoms with Crippen molar-refractivity contribution in [2.45, 2.75) is 5.92 Å². The number of allylic oxidation sites excluding steroid dienone is 8. The van der Waals surface area contributed by atoms with Crippen LogP contribution in [0.4, 0.5) is 0 Å². The van der Waals surface area contributed by atoms with Gasteiger partial charge in [-0.2, -0.15) is 0 Å². The van der Waals surface area contributed by atoms with Crippen molar-refractivity contribution in [3.63, 3.8) is 0 Å². The van der Waals surface area contributed by atoms with Gasteiger partial charge < -0.3 is 15.2 Å². The summed E-state index contributed by atoms with van der Waals surface area (Å²) in [4.78, 5) is 8.04. The highest BCUT2D eigenvalue weighted by atomic mass is 16.3. The highest BCUT2D eigenvalue weighted by Crippen LogP contribution is 2.49. The number of aliphatic hydroxyl groups is 1. The van der Waals surface area contributed by atoms with E-state index in [4.69, 9.17) is 4.98 Å². The number of benzene rings is 3. The fourth-order valence-corrected chi connectivity index (χ4v) is 4.78. The maximum absolute atomic E-state index is 11.6. The Balaban J connectivity index is 1.63. The number of phenolic OH excluding ortho intramolecular Hbond substituents is 1. The standard InChI is InChI=1S/C27H20N2O2/c30-23-14-13-16-7-1-3-9-18(16)24(23)25-19-10-4-2-8-17(19)15-20(26(25)31)27-28-21-11-5-6-12-22(21)29-27/h1-15,18,24,30-31H,(H,28,29). The second-order valence-electron chi connectivity index (χ2n) is 8.02. The molecule has 3 N–H and O–H groups in total. The molecule has 6 rings (SSSR count). The summed E-state index contributed by atoms with van der Waals surface area (Å²) >= 11 is 0. The number of imidazole rings is 1. The summed E-state index contributed by atoms with van der Waals surface area (Å²) in [7, 11) is 0. The molecule has 31 heavy (non-hydrogen) atoms. The Bertz CT molecular complexity index is 1440. The minimum atomic E-state index is -0.379. The van der Waals surface area contributed by atoms with Gasteiger partial charge in [0, 0.05) is 11.5 Å². The third kappa shape index (κ3) is 2.72. The Morgan fingerprint density at radius 1 is 0.903 bits per heavy atom. The van der Waals surface area contributed by atoms with E-state index < -0.39 is 0 Å². The number of aromatic nitrogens is 2. The highest BCUT2D eigenvalue weighted by Gasteiger charge is 2.34. The quantitative estimate of drug-likeness (QED) is 0.367. The van der Waals surface area contributed by atoms with E-state index in [1.807, 2.05) is 72.8 Å². The molecule has 0 saturated carbocycles. The highest BCUT2D eigenvalue weighted by molar-refractivity contribution is 5.95. The van der Waals surface area contributed by atoms with Gasteiger partial charge in [-0.1, -0.05) is 66.8 Å². The molecule has 2 aliphatic carbocycles. The smallest absolute Gasteiger partial charge is 0.142 e. The summed E-state index contributed by atoms with van der Waals surface area (Å²) in [6.07, 6.45) is 11.8. The summed E-state index contributed by atoms with van der Waals surface area (Å²) in [5, 5.41) is 24.4. The molecule has 0 radical (unpaired) electrons. The Labute approximate surface area is 179 Å². The fraction of sp³-hybridized carbons (Fsp3) is 0.0741. The van der Waals surface area contributed by atoms with Crippen LogP contribution in [0.25, 0.3) is 33.2 Å². The summed E-state index contributed by atoms with van der Waals surface area (Å²) in [5.74, 6) is 0.577. The monoisotopic (exact) mass is 404 g/mol. The maximum Gasteiger partial charge on any atom is 0.142 e. The number of fused-ring (bicyclic) bond motifs is 3. The van der Waals surface area contributed by atoms with Crippen LogP contribution >= 0.6 is 0 Å². The van der Waals surface area contributed by atoms with Gasteiger partial charge in [0.2, 0.25) is 0 Å². The number of aromatic hydroxyl groups is 1. The molecule has 0 fully saturated rings. The first-order valence-corrected chi connectivity index (χ1v) is 10.4. The van der Waals surface area contributed by atoms with E-state index >= 15 is 0 Å². The van der Waals surface area contributed by atoms with Crippen LogP contribution in [-0.2, 0) is 0 Å². The van der Waals surface area contributed by atoms with Crippen LogP contribution in [0.5, 0.6) is 5.75 Å². The first-order valence-electron chi connectivity index (χ1n) is 10.4. The van der Waals surface area contributed by atoms with Gasteiger partial charge in [-0.15, -0.1) is 0 Å². The lowest BCUT2D eigenvalue weighted by Gasteiger charge is -2.31. The van der Waals surface area contributed by atoms with Gasteiger partial charge in [0.15, 0.2) is 0 Å². The first-order chi connectivity index (χ1) is 15.2. The van der Waals surface area contributed by atoms with Crippen molar-refractivity contribution in [1.82, 2.24) is 9.97 Å². The third-order valence-electron chi connectivity index (χ3n) is 6.24. The van der Waals surface area contributed by atoms with Gasteiger partial charge in [0.05, 0.1) is 22.5 Å². The van der Waals surface area contributed by atoms with Crippen molar-refractivity contribution < 1.29 is 10.2 Å². The molecule has 0 bridgehead atoms. The summed E-state index contributed by atoms with van der Waals surface area (Å²) in [6.45, 7) is 0. The van der Waals surface area contributed by atoms with Gasteiger partial charge in [0.25, 0.3) is 0 Å². The third-order valence-corrected chi connectivity index (χ3v) is 6.24. The number of H-pyrrole nitrogens is 1. The van der Waals surface area contributed by atoms with Crippen LogP contribution < -0.4 is 0 Å². The molecular weight excluding hydrogens is 384 g/mol. The van der Waals surface area contributed by atoms with Crippen LogP contribution in [0, 0.1) is 5.92 Å². The van der Waals surface area contributed by atoms with E-state index in [1.54, 1.807) is 6.08 Å². The Morgan fingerprint density at radius 3 is 2.65 bits per heavy atom. The predicted molar refractivity (Wildman–Crippen MR) is 124 cm³/mol. The molecule has 4 nitrogen and oxygen atoms in total. The normalized spacial score (nSPS) is 20.0. The van der Waals surface area contributed by atoms with Gasteiger partial charge >= 0.3 is 0 Å². The Morgan fingerprint density at radius 2 is 1.74 bits per heavy atom. The molecule has 0 amide bonds. The molecule has 0 saturated heterocycles. The van der Waals surface area contributed by atoms with E-state index in [0.29, 0.717) is 11.4 Å². The summed E-state index contributed by atoms with van der Waals surface area (Å²) in [6, 6.07) is 17.7. The molecule has 3 aromatic carbocycles. The van der Waals surface area contributed by atoms with Crippen molar-refractivity contribution in [2.24, 2.45) is 5.92 Å². The van der Waals surface area contributed by atoms with Crippen LogP contribution in [0.3, 0.4) is 0 Å². The molecule has 2 aliphatic rings. The van der Waals surface area contributed by atoms with E-state index in [2.05, 4.69) is 17.1 Å². The van der Waals surface area contributed by atoms with E-state index in [-0.39, 0.29) is 23.3 Å². The fourth-order valence-electron chi connectivity index (χ4n) is 4.78. The van der Waals surface area contributed by atoms with Gasteiger partial charge in [-0.3, -0.25) is 0 Å². The second-order valence-corrected chi connectivity index (χ2v) is 8.02. The van der Waals surface area contributed by atoms with Crippen LogP contribution in [0.1, 0.15) is 11.5 Å². The minimum absolute atomic E-state index is 0.0461. The topological polar surface area (TPSA) is 69.1 Å². The van der Waals surface area contributed by atoms with Crippen LogP contribution in [-0.4, -0.2) is 20.2 Å². The molecule has 4 aromatic rings. The molecule has 0 spiro atoms. The summed E-state index contributed by atoms with van der Waals surface area (Å²) < 4.78 is 0. The molecular formula is C27H20N2O2. The van der Waals surface area contributed by atoms with E-state index in [9.17, 15) is 10.2 Å². The Kier molecular flexibility index (Phi) is 3.87. The van der Waals surface area contributed by atoms with Gasteiger partial charge in [-0.25, -0.2) is 4.98 Å². The van der Waals surface area contributed by atoms with Crippen molar-refractivity contribution in [3.05, 3.63) is 108 Å². The Hall–Kier alpha value is -4.05. The first kappa shape index (κ1) is 17.8.